The minimum atomic E-state index is -1.17. The van der Waals surface area contributed by atoms with Gasteiger partial charge in [-0.15, -0.1) is 23.2 Å². The number of halogens is 6. The molecule has 0 saturated carbocycles. The van der Waals surface area contributed by atoms with Crippen molar-refractivity contribution in [3.05, 3.63) is 116 Å². The van der Waals surface area contributed by atoms with E-state index in [-0.39, 0.29) is 28.7 Å². The molecule has 4 heterocycles. The van der Waals surface area contributed by atoms with Gasteiger partial charge in [0.05, 0.1) is 16.7 Å². The summed E-state index contributed by atoms with van der Waals surface area (Å²) in [7, 11) is 0. The number of hydrogen-bond donors (Lipinski definition) is 2. The third-order valence-electron chi connectivity index (χ3n) is 9.15. The van der Waals surface area contributed by atoms with Gasteiger partial charge in [0.2, 0.25) is 11.8 Å². The smallest absolute Gasteiger partial charge is 0.245 e. The van der Waals surface area contributed by atoms with Crippen molar-refractivity contribution in [2.24, 2.45) is 10.8 Å². The highest BCUT2D eigenvalue weighted by atomic mass is 35.5. The Morgan fingerprint density at radius 3 is 1.13 bits per heavy atom. The molecule has 4 aromatic carbocycles. The van der Waals surface area contributed by atoms with E-state index >= 15 is 0 Å². The van der Waals surface area contributed by atoms with E-state index in [1.165, 1.54) is 0 Å². The van der Waals surface area contributed by atoms with Crippen molar-refractivity contribution in [3.63, 3.8) is 0 Å². The van der Waals surface area contributed by atoms with Gasteiger partial charge < -0.3 is 9.97 Å². The van der Waals surface area contributed by atoms with Gasteiger partial charge in [-0.1, -0.05) is 46.4 Å². The van der Waals surface area contributed by atoms with E-state index in [9.17, 15) is 19.2 Å². The molecule has 0 aliphatic carbocycles. The van der Waals surface area contributed by atoms with E-state index in [2.05, 4.69) is 9.97 Å². The molecule has 14 heteroatoms. The van der Waals surface area contributed by atoms with Crippen molar-refractivity contribution >= 4 is 138 Å². The maximum absolute atomic E-state index is 13.2. The molecule has 0 atom stereocenters. The zero-order chi connectivity index (χ0) is 38.6. The first-order valence-corrected chi connectivity index (χ1v) is 18.6. The first-order valence-electron chi connectivity index (χ1n) is 16.1. The highest BCUT2D eigenvalue weighted by Crippen LogP contribution is 2.47. The van der Waals surface area contributed by atoms with Crippen LogP contribution in [-0.2, 0) is 9.59 Å². The number of fused-ring (bicyclic) bond motifs is 6. The third kappa shape index (κ3) is 6.82. The van der Waals surface area contributed by atoms with Gasteiger partial charge in [0.1, 0.15) is 22.2 Å². The number of carbonyl (C=O) groups is 4. The monoisotopic (exact) mass is 828 g/mol. The molecule has 0 spiro atoms. The predicted molar refractivity (Wildman–Crippen MR) is 217 cm³/mol. The molecule has 8 nitrogen and oxygen atoms in total. The number of benzene rings is 4. The van der Waals surface area contributed by atoms with Crippen molar-refractivity contribution in [2.75, 3.05) is 15.1 Å². The second kappa shape index (κ2) is 14.7. The standard InChI is InChI=1S/2C19H14Cl2N2O2.CH2Cl2/c2*1-19(2)17(24)15-16(13-9-11(21)5-8-14(13)22-15)23(18(19)25)12-6-3-10(20)4-7-12;2-1-3/h2*3-9,22H,1-2H3;1H2. The average Bonchev–Trinajstić information content (AvgIpc) is 3.67. The van der Waals surface area contributed by atoms with Crippen LogP contribution in [0.5, 0.6) is 0 Å². The van der Waals surface area contributed by atoms with Gasteiger partial charge in [0.15, 0.2) is 11.6 Å². The molecule has 8 rings (SSSR count). The summed E-state index contributed by atoms with van der Waals surface area (Å²) in [6.45, 7) is 6.56. The highest BCUT2D eigenvalue weighted by Gasteiger charge is 2.49. The summed E-state index contributed by atoms with van der Waals surface area (Å²) in [6.07, 6.45) is 0. The fourth-order valence-corrected chi connectivity index (χ4v) is 6.94. The Morgan fingerprint density at radius 1 is 0.509 bits per heavy atom. The number of H-pyrrole nitrogens is 2. The Labute approximate surface area is 334 Å². The molecule has 0 saturated heterocycles. The molecule has 53 heavy (non-hydrogen) atoms. The number of ketones is 2. The topological polar surface area (TPSA) is 106 Å². The zero-order valence-electron chi connectivity index (χ0n) is 28.6. The van der Waals surface area contributed by atoms with Crippen LogP contribution < -0.4 is 9.80 Å². The fraction of sp³-hybridized carbons (Fsp3) is 0.179. The summed E-state index contributed by atoms with van der Waals surface area (Å²) in [5, 5.41) is 3.88. The lowest BCUT2D eigenvalue weighted by atomic mass is 9.81. The summed E-state index contributed by atoms with van der Waals surface area (Å²) in [4.78, 5) is 61.6. The van der Waals surface area contributed by atoms with E-state index in [0.717, 1.165) is 21.8 Å². The van der Waals surface area contributed by atoms with Gasteiger partial charge in [-0.3, -0.25) is 29.0 Å². The Bertz CT molecular complexity index is 2270. The largest absolute Gasteiger partial charge is 0.350 e. The molecular formula is C39H30Cl6N4O4. The number of nitrogens with one attached hydrogen (secondary N) is 2. The molecule has 2 aliphatic heterocycles. The molecule has 2 aromatic heterocycles. The number of hydrogen-bond acceptors (Lipinski definition) is 4. The van der Waals surface area contributed by atoms with Crippen LogP contribution in [-0.4, -0.2) is 38.7 Å². The van der Waals surface area contributed by atoms with Crippen LogP contribution in [0.2, 0.25) is 20.1 Å². The highest BCUT2D eigenvalue weighted by molar-refractivity contribution is 6.40. The molecule has 2 N–H and O–H groups in total. The fourth-order valence-electron chi connectivity index (χ4n) is 6.35. The first kappa shape index (κ1) is 38.7. The summed E-state index contributed by atoms with van der Waals surface area (Å²) >= 11 is 33.8. The maximum atomic E-state index is 13.2. The van der Waals surface area contributed by atoms with Crippen LogP contribution in [0.15, 0.2) is 84.9 Å². The lowest BCUT2D eigenvalue weighted by Gasteiger charge is -2.35. The molecule has 272 valence electrons. The number of nitrogens with zero attached hydrogens (tertiary/aromatic N) is 2. The first-order chi connectivity index (χ1) is 25.0. The number of aromatic nitrogens is 2. The van der Waals surface area contributed by atoms with E-state index < -0.39 is 10.8 Å². The van der Waals surface area contributed by atoms with Crippen molar-refractivity contribution in [2.45, 2.75) is 27.7 Å². The SMILES string of the molecule is CC1(C)C(=O)c2[nH]c3ccc(Cl)cc3c2N(c2ccc(Cl)cc2)C1=O.CC1(C)C(=O)c2[nH]c3ccc(Cl)cc3c2N(c2ccc(Cl)cc2)C1=O.ClCCl. The minimum absolute atomic E-state index is 0.194. The van der Waals surface area contributed by atoms with Crippen LogP contribution in [0.4, 0.5) is 22.7 Å². The lowest BCUT2D eigenvalue weighted by molar-refractivity contribution is -0.124. The minimum Gasteiger partial charge on any atom is -0.350 e. The van der Waals surface area contributed by atoms with Crippen molar-refractivity contribution in [1.29, 1.82) is 0 Å². The number of rotatable bonds is 2. The predicted octanol–water partition coefficient (Wildman–Crippen LogP) is 12.1. The average molecular weight is 831 g/mol. The van der Waals surface area contributed by atoms with Crippen LogP contribution >= 0.6 is 69.6 Å². The second-order valence-corrected chi connectivity index (χ2v) is 15.9. The number of carbonyl (C=O) groups excluding carboxylic acids is 4. The van der Waals surface area contributed by atoms with Gasteiger partial charge in [0.25, 0.3) is 0 Å². The Morgan fingerprint density at radius 2 is 0.811 bits per heavy atom. The lowest BCUT2D eigenvalue weighted by Crippen LogP contribution is -2.47. The number of alkyl halides is 2. The van der Waals surface area contributed by atoms with Crippen molar-refractivity contribution in [1.82, 2.24) is 9.97 Å². The number of anilines is 4. The van der Waals surface area contributed by atoms with E-state index in [4.69, 9.17) is 69.6 Å². The van der Waals surface area contributed by atoms with Gasteiger partial charge in [-0.05, 0) is 113 Å². The molecule has 2 aliphatic rings. The third-order valence-corrected chi connectivity index (χ3v) is 10.1. The normalized spacial score (nSPS) is 15.8. The zero-order valence-corrected chi connectivity index (χ0v) is 33.1. The van der Waals surface area contributed by atoms with E-state index in [1.54, 1.807) is 122 Å². The van der Waals surface area contributed by atoms with Crippen LogP contribution in [0.1, 0.15) is 48.7 Å². The maximum Gasteiger partial charge on any atom is 0.245 e. The quantitative estimate of drug-likeness (QED) is 0.134. The molecule has 0 fully saturated rings. The number of Topliss-reactive ketones (excluding diaryl/α,β-unsaturated/α-hetero) is 2. The second-order valence-electron chi connectivity index (χ2n) is 13.3. The van der Waals surface area contributed by atoms with Crippen LogP contribution in [0.3, 0.4) is 0 Å². The van der Waals surface area contributed by atoms with Gasteiger partial charge in [-0.2, -0.15) is 0 Å². The molecule has 6 aromatic rings. The summed E-state index contributed by atoms with van der Waals surface area (Å²) in [6, 6.07) is 24.5. The Balaban J connectivity index is 0.000000169. The van der Waals surface area contributed by atoms with Crippen molar-refractivity contribution < 1.29 is 19.2 Å². The van der Waals surface area contributed by atoms with E-state index in [0.29, 0.717) is 54.2 Å². The summed E-state index contributed by atoms with van der Waals surface area (Å²) in [5.41, 5.74) is 2.37. The number of aromatic amines is 2. The molecule has 0 radical (unpaired) electrons. The molecular weight excluding hydrogens is 801 g/mol. The number of amides is 2. The Hall–Kier alpha value is -4.02. The van der Waals surface area contributed by atoms with Gasteiger partial charge in [0, 0.05) is 53.3 Å². The van der Waals surface area contributed by atoms with Crippen LogP contribution in [0, 0.1) is 10.8 Å². The molecule has 0 bridgehead atoms. The van der Waals surface area contributed by atoms with E-state index in [1.807, 2.05) is 0 Å². The van der Waals surface area contributed by atoms with Crippen molar-refractivity contribution in [3.8, 4) is 0 Å². The summed E-state index contributed by atoms with van der Waals surface area (Å²) < 4.78 is 0. The van der Waals surface area contributed by atoms with Gasteiger partial charge >= 0.3 is 0 Å². The molecule has 0 unspecified atom stereocenters. The Kier molecular flexibility index (Phi) is 10.7. The molecule has 2 amide bonds. The summed E-state index contributed by atoms with van der Waals surface area (Å²) in [5.74, 6) is -1.03. The van der Waals surface area contributed by atoms with Crippen LogP contribution in [0.25, 0.3) is 21.8 Å². The van der Waals surface area contributed by atoms with Gasteiger partial charge in [-0.25, -0.2) is 0 Å².